The Balaban J connectivity index is 2.26. The van der Waals surface area contributed by atoms with Crippen molar-refractivity contribution in [2.75, 3.05) is 13.2 Å². The predicted octanol–water partition coefficient (Wildman–Crippen LogP) is 5.31. The van der Waals surface area contributed by atoms with Crippen LogP contribution in [0.2, 0.25) is 0 Å². The molecule has 0 saturated heterocycles. The van der Waals surface area contributed by atoms with Gasteiger partial charge in [0, 0.05) is 13.2 Å². The number of aliphatic hydroxyl groups is 2. The van der Waals surface area contributed by atoms with Gasteiger partial charge in [0.1, 0.15) is 0 Å². The van der Waals surface area contributed by atoms with Gasteiger partial charge < -0.3 is 10.2 Å². The van der Waals surface area contributed by atoms with E-state index in [0.717, 1.165) is 24.7 Å². The fraction of sp³-hybridized carbons (Fsp3) is 1.00. The zero-order chi connectivity index (χ0) is 16.3. The summed E-state index contributed by atoms with van der Waals surface area (Å²) >= 11 is 0. The van der Waals surface area contributed by atoms with Crippen molar-refractivity contribution in [1.29, 1.82) is 0 Å². The number of hydrogen-bond donors (Lipinski definition) is 2. The molecule has 2 N–H and O–H groups in total. The van der Waals surface area contributed by atoms with E-state index in [1.165, 1.54) is 70.6 Å². The maximum absolute atomic E-state index is 9.30. The molecule has 2 nitrogen and oxygen atoms in total. The van der Waals surface area contributed by atoms with E-state index in [1.807, 2.05) is 0 Å². The van der Waals surface area contributed by atoms with Gasteiger partial charge in [0.15, 0.2) is 0 Å². The molecule has 0 aromatic heterocycles. The molecule has 1 aliphatic carbocycles. The van der Waals surface area contributed by atoms with Crippen LogP contribution < -0.4 is 0 Å². The van der Waals surface area contributed by atoms with E-state index in [1.54, 1.807) is 0 Å². The minimum atomic E-state index is 0.243. The molecule has 0 spiro atoms. The highest BCUT2D eigenvalue weighted by Crippen LogP contribution is 2.45. The second kappa shape index (κ2) is 11.5. The van der Waals surface area contributed by atoms with E-state index in [-0.39, 0.29) is 18.6 Å². The van der Waals surface area contributed by atoms with Gasteiger partial charge in [-0.05, 0) is 55.8 Å². The standard InChI is InChI=1S/C20H40O2/c1-3-6-18(7-4-2)8-5-9-19-10-12-20(13-11-19,14-16-21)15-17-22/h18-19,21-22H,3-17H2,1-2H3. The van der Waals surface area contributed by atoms with Crippen LogP contribution >= 0.6 is 0 Å². The second-order valence-electron chi connectivity index (χ2n) is 7.76. The molecule has 0 atom stereocenters. The van der Waals surface area contributed by atoms with Crippen LogP contribution in [0, 0.1) is 17.3 Å². The van der Waals surface area contributed by atoms with Gasteiger partial charge in [-0.1, -0.05) is 58.8 Å². The van der Waals surface area contributed by atoms with E-state index < -0.39 is 0 Å². The number of aliphatic hydroxyl groups excluding tert-OH is 2. The van der Waals surface area contributed by atoms with E-state index in [4.69, 9.17) is 0 Å². The minimum Gasteiger partial charge on any atom is -0.396 e. The van der Waals surface area contributed by atoms with E-state index in [0.29, 0.717) is 0 Å². The number of rotatable bonds is 12. The van der Waals surface area contributed by atoms with Crippen LogP contribution in [0.1, 0.15) is 97.3 Å². The van der Waals surface area contributed by atoms with Crippen molar-refractivity contribution in [3.05, 3.63) is 0 Å². The van der Waals surface area contributed by atoms with Crippen LogP contribution in [-0.2, 0) is 0 Å². The Morgan fingerprint density at radius 2 is 1.45 bits per heavy atom. The molecule has 1 rings (SSSR count). The van der Waals surface area contributed by atoms with Gasteiger partial charge in [-0.3, -0.25) is 0 Å². The summed E-state index contributed by atoms with van der Waals surface area (Å²) < 4.78 is 0. The molecule has 0 radical (unpaired) electrons. The topological polar surface area (TPSA) is 40.5 Å². The highest BCUT2D eigenvalue weighted by atomic mass is 16.3. The Morgan fingerprint density at radius 3 is 1.91 bits per heavy atom. The van der Waals surface area contributed by atoms with Gasteiger partial charge in [0.05, 0.1) is 0 Å². The molecule has 22 heavy (non-hydrogen) atoms. The highest BCUT2D eigenvalue weighted by molar-refractivity contribution is 4.85. The Morgan fingerprint density at radius 1 is 0.909 bits per heavy atom. The van der Waals surface area contributed by atoms with Crippen molar-refractivity contribution in [2.45, 2.75) is 97.3 Å². The molecule has 0 aromatic rings. The van der Waals surface area contributed by atoms with Crippen molar-refractivity contribution < 1.29 is 10.2 Å². The zero-order valence-corrected chi connectivity index (χ0v) is 15.2. The quantitative estimate of drug-likeness (QED) is 0.512. The average Bonchev–Trinajstić information content (AvgIpc) is 2.50. The van der Waals surface area contributed by atoms with Crippen LogP contribution in [0.3, 0.4) is 0 Å². The van der Waals surface area contributed by atoms with Crippen LogP contribution in [0.4, 0.5) is 0 Å². The molecule has 0 bridgehead atoms. The van der Waals surface area contributed by atoms with Crippen LogP contribution in [0.5, 0.6) is 0 Å². The van der Waals surface area contributed by atoms with Crippen LogP contribution in [-0.4, -0.2) is 23.4 Å². The van der Waals surface area contributed by atoms with Crippen molar-refractivity contribution in [3.8, 4) is 0 Å². The molecule has 0 aromatic carbocycles. The maximum atomic E-state index is 9.30. The third-order valence-electron chi connectivity index (χ3n) is 6.07. The molecule has 1 saturated carbocycles. The van der Waals surface area contributed by atoms with Crippen molar-refractivity contribution in [1.82, 2.24) is 0 Å². The van der Waals surface area contributed by atoms with E-state index in [2.05, 4.69) is 13.8 Å². The summed E-state index contributed by atoms with van der Waals surface area (Å²) in [5.74, 6) is 1.86. The Hall–Kier alpha value is -0.0800. The molecule has 1 aliphatic rings. The molecule has 132 valence electrons. The molecule has 1 fully saturated rings. The summed E-state index contributed by atoms with van der Waals surface area (Å²) in [5, 5.41) is 18.6. The lowest BCUT2D eigenvalue weighted by molar-refractivity contribution is 0.0711. The van der Waals surface area contributed by atoms with Crippen LogP contribution in [0.15, 0.2) is 0 Å². The third kappa shape index (κ3) is 7.00. The third-order valence-corrected chi connectivity index (χ3v) is 6.07. The predicted molar refractivity (Wildman–Crippen MR) is 95.0 cm³/mol. The smallest absolute Gasteiger partial charge is 0.0436 e. The van der Waals surface area contributed by atoms with Gasteiger partial charge in [-0.15, -0.1) is 0 Å². The zero-order valence-electron chi connectivity index (χ0n) is 15.2. The SMILES string of the molecule is CCCC(CCC)CCCC1CCC(CCO)(CCO)CC1. The average molecular weight is 313 g/mol. The van der Waals surface area contributed by atoms with Crippen molar-refractivity contribution >= 4 is 0 Å². The van der Waals surface area contributed by atoms with Crippen molar-refractivity contribution in [2.24, 2.45) is 17.3 Å². The molecule has 2 heteroatoms. The summed E-state index contributed by atoms with van der Waals surface area (Å²) in [7, 11) is 0. The molecule has 0 unspecified atom stereocenters. The minimum absolute atomic E-state index is 0.243. The van der Waals surface area contributed by atoms with Gasteiger partial charge in [0.25, 0.3) is 0 Å². The summed E-state index contributed by atoms with van der Waals surface area (Å²) in [6.45, 7) is 5.18. The molecule has 0 aliphatic heterocycles. The largest absolute Gasteiger partial charge is 0.396 e. The first-order valence-electron chi connectivity index (χ1n) is 9.91. The monoisotopic (exact) mass is 312 g/mol. The van der Waals surface area contributed by atoms with Crippen molar-refractivity contribution in [3.63, 3.8) is 0 Å². The fourth-order valence-corrected chi connectivity index (χ4v) is 4.62. The first kappa shape index (κ1) is 20.0. The van der Waals surface area contributed by atoms with Gasteiger partial charge in [0.2, 0.25) is 0 Å². The fourth-order valence-electron chi connectivity index (χ4n) is 4.62. The Bertz CT molecular complexity index is 242. The van der Waals surface area contributed by atoms with Gasteiger partial charge >= 0.3 is 0 Å². The molecular formula is C20H40O2. The lowest BCUT2D eigenvalue weighted by atomic mass is 9.66. The lowest BCUT2D eigenvalue weighted by Crippen LogP contribution is -2.29. The Labute approximate surface area is 138 Å². The highest BCUT2D eigenvalue weighted by Gasteiger charge is 2.34. The second-order valence-corrected chi connectivity index (χ2v) is 7.76. The lowest BCUT2D eigenvalue weighted by Gasteiger charge is -2.40. The van der Waals surface area contributed by atoms with Crippen LogP contribution in [0.25, 0.3) is 0 Å². The maximum Gasteiger partial charge on any atom is 0.0436 e. The number of hydrogen-bond acceptors (Lipinski definition) is 2. The summed E-state index contributed by atoms with van der Waals surface area (Å²) in [5.41, 5.74) is 0.243. The first-order valence-corrected chi connectivity index (χ1v) is 9.91. The van der Waals surface area contributed by atoms with E-state index >= 15 is 0 Å². The molecular weight excluding hydrogens is 272 g/mol. The summed E-state index contributed by atoms with van der Waals surface area (Å²) in [6, 6.07) is 0. The molecule has 0 heterocycles. The normalized spacial score (nSPS) is 19.0. The molecule has 0 amide bonds. The summed E-state index contributed by atoms with van der Waals surface area (Å²) in [4.78, 5) is 0. The first-order chi connectivity index (χ1) is 10.7. The summed E-state index contributed by atoms with van der Waals surface area (Å²) in [6.07, 6.45) is 16.5. The van der Waals surface area contributed by atoms with E-state index in [9.17, 15) is 10.2 Å². The van der Waals surface area contributed by atoms with Gasteiger partial charge in [-0.25, -0.2) is 0 Å². The van der Waals surface area contributed by atoms with Gasteiger partial charge in [-0.2, -0.15) is 0 Å². The Kier molecular flexibility index (Phi) is 10.4.